The maximum atomic E-state index is 10.4. The Morgan fingerprint density at radius 1 is 0.595 bits per heavy atom. The number of hydrogen-bond donors (Lipinski definition) is 1. The van der Waals surface area contributed by atoms with Crippen LogP contribution in [0.3, 0.4) is 0 Å². The van der Waals surface area contributed by atoms with Crippen LogP contribution in [-0.4, -0.2) is 30.8 Å². The minimum absolute atomic E-state index is 0.0556. The molecule has 0 atom stereocenters. The first kappa shape index (κ1) is 36.1. The van der Waals surface area contributed by atoms with Gasteiger partial charge in [0.25, 0.3) is 0 Å². The van der Waals surface area contributed by atoms with Gasteiger partial charge in [0, 0.05) is 0 Å². The van der Waals surface area contributed by atoms with Crippen molar-refractivity contribution in [3.05, 3.63) is 108 Å². The van der Waals surface area contributed by atoms with Gasteiger partial charge in [-0.1, -0.05) is 27.7 Å². The molecular weight excluding hydrogens is 619 g/mol. The van der Waals surface area contributed by atoms with Crippen molar-refractivity contribution < 1.29 is 9.90 Å². The van der Waals surface area contributed by atoms with Crippen LogP contribution in [0.25, 0.3) is 0 Å². The minimum Gasteiger partial charge on any atom is -0.481 e. The van der Waals surface area contributed by atoms with E-state index in [1.54, 1.807) is 0 Å². The molecule has 0 saturated carbocycles. The van der Waals surface area contributed by atoms with Gasteiger partial charge in [0.1, 0.15) is 0 Å². The van der Waals surface area contributed by atoms with Gasteiger partial charge in [-0.2, -0.15) is 0 Å². The van der Waals surface area contributed by atoms with E-state index >= 15 is 0 Å². The number of carboxylic acids is 1. The molecule has 3 heteroatoms. The largest absolute Gasteiger partial charge is 0.481 e. The molecule has 0 amide bonds. The Bertz CT molecular complexity index is 1070. The van der Waals surface area contributed by atoms with E-state index < -0.39 is 25.7 Å². The Labute approximate surface area is 265 Å². The van der Waals surface area contributed by atoms with Crippen LogP contribution in [0, 0.1) is 11.3 Å². The van der Waals surface area contributed by atoms with Crippen molar-refractivity contribution in [3.8, 4) is 0 Å². The molecule has 1 radical (unpaired) electrons. The van der Waals surface area contributed by atoms with Crippen LogP contribution in [0.15, 0.2) is 91.0 Å². The summed E-state index contributed by atoms with van der Waals surface area (Å²) in [7, 11) is 0. The fourth-order valence-corrected chi connectivity index (χ4v) is 20.1. The summed E-state index contributed by atoms with van der Waals surface area (Å²) in [5.74, 6) is -0.125. The quantitative estimate of drug-likeness (QED) is 0.183. The van der Waals surface area contributed by atoms with Crippen molar-refractivity contribution in [2.45, 2.75) is 112 Å². The molecule has 0 fully saturated rings. The normalized spacial score (nSPS) is 12.7. The van der Waals surface area contributed by atoms with Gasteiger partial charge < -0.3 is 5.11 Å². The summed E-state index contributed by atoms with van der Waals surface area (Å²) in [6, 6.07) is 33.5. The SMILES string of the molecule is CC(C)([CH2][Sn]([CH2]C(C)(C)c1ccccc1)[CH2]C(C)(C)c1ccccc1)c1ccccc1.CC(C)CC(C)(C)CC(=O)O. The molecule has 2 nitrogen and oxygen atoms in total. The molecule has 0 bridgehead atoms. The Balaban J connectivity index is 0.000000476. The molecule has 0 saturated heterocycles. The summed E-state index contributed by atoms with van der Waals surface area (Å²) >= 11 is -1.84. The summed E-state index contributed by atoms with van der Waals surface area (Å²) < 4.78 is 4.14. The average Bonchev–Trinajstić information content (AvgIpc) is 2.88. The van der Waals surface area contributed by atoms with Gasteiger partial charge in [-0.15, -0.1) is 0 Å². The second-order valence-corrected chi connectivity index (χ2v) is 22.7. The molecule has 3 aromatic rings. The molecule has 0 aliphatic rings. The van der Waals surface area contributed by atoms with Gasteiger partial charge in [-0.25, -0.2) is 0 Å². The first-order valence-corrected chi connectivity index (χ1v) is 21.7. The predicted molar refractivity (Wildman–Crippen MR) is 184 cm³/mol. The van der Waals surface area contributed by atoms with Gasteiger partial charge >= 0.3 is 205 Å². The summed E-state index contributed by atoms with van der Waals surface area (Å²) in [5.41, 5.74) is 5.11. The van der Waals surface area contributed by atoms with Crippen LogP contribution >= 0.6 is 0 Å². The fraction of sp³-hybridized carbons (Fsp3) is 0.513. The van der Waals surface area contributed by atoms with E-state index in [1.807, 2.05) is 13.8 Å². The van der Waals surface area contributed by atoms with Crippen molar-refractivity contribution in [1.82, 2.24) is 0 Å². The van der Waals surface area contributed by atoms with E-state index in [0.717, 1.165) is 6.42 Å². The standard InChI is InChI=1S/3C10H13.C9H18O2.Sn/c3*1-10(2,3)9-7-5-4-6-8-9;1-7(2)5-9(3,4)6-8(10)11;/h3*4-8H,1H2,2-3H3;7H,5-6H2,1-4H3,(H,10,11);. The average molecular weight is 677 g/mol. The maximum Gasteiger partial charge on any atom is 0.303 e. The molecule has 0 heterocycles. The fourth-order valence-electron chi connectivity index (χ4n) is 6.62. The Morgan fingerprint density at radius 3 is 1.12 bits per heavy atom. The number of hydrogen-bond acceptors (Lipinski definition) is 1. The van der Waals surface area contributed by atoms with E-state index in [4.69, 9.17) is 5.11 Å². The van der Waals surface area contributed by atoms with Crippen LogP contribution in [0.4, 0.5) is 0 Å². The number of benzene rings is 3. The topological polar surface area (TPSA) is 37.3 Å². The van der Waals surface area contributed by atoms with Gasteiger partial charge in [0.05, 0.1) is 6.42 Å². The number of carbonyl (C=O) groups is 1. The molecule has 3 aromatic carbocycles. The third kappa shape index (κ3) is 12.3. The number of rotatable bonds is 13. The van der Waals surface area contributed by atoms with Crippen LogP contribution in [0.5, 0.6) is 0 Å². The van der Waals surface area contributed by atoms with E-state index in [2.05, 4.69) is 146 Å². The number of aliphatic carboxylic acids is 1. The van der Waals surface area contributed by atoms with E-state index in [9.17, 15) is 4.79 Å². The Hall–Kier alpha value is -2.07. The Morgan fingerprint density at radius 2 is 0.881 bits per heavy atom. The van der Waals surface area contributed by atoms with Crippen LogP contribution in [0.2, 0.25) is 13.3 Å². The summed E-state index contributed by atoms with van der Waals surface area (Å²) in [6.07, 6.45) is 1.24. The monoisotopic (exact) mass is 677 g/mol. The van der Waals surface area contributed by atoms with Crippen molar-refractivity contribution >= 4 is 25.7 Å². The molecule has 3 rings (SSSR count). The minimum atomic E-state index is -1.84. The molecule has 229 valence electrons. The smallest absolute Gasteiger partial charge is 0.303 e. The first-order valence-electron chi connectivity index (χ1n) is 15.7. The third-order valence-corrected chi connectivity index (χ3v) is 20.2. The predicted octanol–water partition coefficient (Wildman–Crippen LogP) is 10.9. The number of carboxylic acid groups (broad SMARTS) is 1. The molecule has 42 heavy (non-hydrogen) atoms. The van der Waals surface area contributed by atoms with Crippen molar-refractivity contribution in [3.63, 3.8) is 0 Å². The van der Waals surface area contributed by atoms with Crippen LogP contribution in [-0.2, 0) is 21.0 Å². The zero-order chi connectivity index (χ0) is 31.6. The second-order valence-electron chi connectivity index (χ2n) is 15.4. The Kier molecular flexibility index (Phi) is 13.4. The van der Waals surface area contributed by atoms with Crippen molar-refractivity contribution in [2.75, 3.05) is 0 Å². The zero-order valence-electron chi connectivity index (χ0n) is 28.1. The maximum absolute atomic E-state index is 10.4. The van der Waals surface area contributed by atoms with Crippen molar-refractivity contribution in [2.24, 2.45) is 11.3 Å². The molecule has 0 aliphatic heterocycles. The van der Waals surface area contributed by atoms with Gasteiger partial charge in [-0.05, 0) is 17.8 Å². The first-order chi connectivity index (χ1) is 19.4. The third-order valence-electron chi connectivity index (χ3n) is 8.33. The molecule has 0 unspecified atom stereocenters. The molecule has 0 spiro atoms. The van der Waals surface area contributed by atoms with Crippen LogP contribution in [0.1, 0.15) is 98.8 Å². The van der Waals surface area contributed by atoms with Gasteiger partial charge in [-0.3, -0.25) is 4.79 Å². The zero-order valence-corrected chi connectivity index (χ0v) is 31.0. The van der Waals surface area contributed by atoms with E-state index in [-0.39, 0.29) is 28.1 Å². The second kappa shape index (κ2) is 15.6. The summed E-state index contributed by atoms with van der Waals surface area (Å²) in [5, 5.41) is 8.56. The van der Waals surface area contributed by atoms with Gasteiger partial charge in [0.2, 0.25) is 0 Å². The summed E-state index contributed by atoms with van der Waals surface area (Å²) in [4.78, 5) is 10.4. The van der Waals surface area contributed by atoms with Crippen LogP contribution < -0.4 is 0 Å². The van der Waals surface area contributed by atoms with E-state index in [1.165, 1.54) is 30.0 Å². The molecule has 1 N–H and O–H groups in total. The molecule has 0 aliphatic carbocycles. The van der Waals surface area contributed by atoms with Gasteiger partial charge in [0.15, 0.2) is 0 Å². The van der Waals surface area contributed by atoms with E-state index in [0.29, 0.717) is 5.92 Å². The molecular formula is C39H57O2Sn. The summed E-state index contributed by atoms with van der Waals surface area (Å²) in [6.45, 7) is 23.0. The van der Waals surface area contributed by atoms with Crippen molar-refractivity contribution in [1.29, 1.82) is 0 Å². The molecule has 0 aromatic heterocycles.